The number of hydrogen-bond donors (Lipinski definition) is 0. The molecule has 0 bridgehead atoms. The van der Waals surface area contributed by atoms with Crippen LogP contribution in [0.1, 0.15) is 10.4 Å². The largest absolute Gasteiger partial charge is 0.411 e. The third-order valence-corrected chi connectivity index (χ3v) is 3.45. The van der Waals surface area contributed by atoms with Crippen molar-refractivity contribution in [2.75, 3.05) is 13.2 Å². The second-order valence-electron chi connectivity index (χ2n) is 3.37. The van der Waals surface area contributed by atoms with Crippen LogP contribution in [-0.4, -0.2) is 25.2 Å². The van der Waals surface area contributed by atoms with E-state index in [2.05, 4.69) is 4.74 Å². The van der Waals surface area contributed by atoms with Crippen molar-refractivity contribution in [3.05, 3.63) is 31.7 Å². The van der Waals surface area contributed by atoms with Crippen LogP contribution in [0.5, 0.6) is 0 Å². The number of ketones is 1. The summed E-state index contributed by atoms with van der Waals surface area (Å²) in [4.78, 5) is 11.7. The predicted molar refractivity (Wildman–Crippen MR) is 67.7 cm³/mol. The maximum absolute atomic E-state index is 11.9. The van der Waals surface area contributed by atoms with Gasteiger partial charge in [0.25, 0.3) is 0 Å². The van der Waals surface area contributed by atoms with Crippen LogP contribution in [0, 0.1) is 0 Å². The van der Waals surface area contributed by atoms with Gasteiger partial charge in [0.15, 0.2) is 5.78 Å². The monoisotopic (exact) mass is 354 g/mol. The van der Waals surface area contributed by atoms with Gasteiger partial charge >= 0.3 is 6.18 Å². The molecule has 0 aromatic heterocycles. The van der Waals surface area contributed by atoms with E-state index in [4.69, 9.17) is 46.4 Å². The summed E-state index contributed by atoms with van der Waals surface area (Å²) in [6.07, 6.45) is -4.52. The SMILES string of the molecule is O=C(COCC(F)(F)F)c1c(Cl)cc(Cl)c(Cl)c1Cl. The fraction of sp³-hybridized carbons (Fsp3) is 0.300. The van der Waals surface area contributed by atoms with E-state index in [-0.39, 0.29) is 25.7 Å². The molecule has 0 amide bonds. The Bertz CT molecular complexity index is 503. The van der Waals surface area contributed by atoms with Gasteiger partial charge in [-0.25, -0.2) is 0 Å². The van der Waals surface area contributed by atoms with Gasteiger partial charge in [-0.05, 0) is 6.07 Å². The minimum atomic E-state index is -4.52. The van der Waals surface area contributed by atoms with Gasteiger partial charge in [0.05, 0.1) is 25.7 Å². The Hall–Kier alpha value is -0.200. The summed E-state index contributed by atoms with van der Waals surface area (Å²) >= 11 is 22.9. The normalized spacial score (nSPS) is 11.7. The van der Waals surface area contributed by atoms with Crippen LogP contribution in [0.4, 0.5) is 13.2 Å². The first-order valence-electron chi connectivity index (χ1n) is 4.64. The summed E-state index contributed by atoms with van der Waals surface area (Å²) < 4.78 is 39.8. The van der Waals surface area contributed by atoms with E-state index in [9.17, 15) is 18.0 Å². The third kappa shape index (κ3) is 4.68. The van der Waals surface area contributed by atoms with Gasteiger partial charge in [-0.2, -0.15) is 13.2 Å². The summed E-state index contributed by atoms with van der Waals surface area (Å²) in [6, 6.07) is 1.17. The maximum Gasteiger partial charge on any atom is 0.411 e. The highest BCUT2D eigenvalue weighted by molar-refractivity contribution is 6.51. The first-order chi connectivity index (χ1) is 8.63. The van der Waals surface area contributed by atoms with Crippen LogP contribution in [0.25, 0.3) is 0 Å². The summed E-state index contributed by atoms with van der Waals surface area (Å²) in [5.41, 5.74) is -0.222. The zero-order valence-corrected chi connectivity index (χ0v) is 12.0. The first kappa shape index (κ1) is 16.9. The summed E-state index contributed by atoms with van der Waals surface area (Å²) in [5.74, 6) is -0.821. The molecule has 0 fully saturated rings. The first-order valence-corrected chi connectivity index (χ1v) is 6.15. The number of carbonyl (C=O) groups excluding carboxylic acids is 1. The van der Waals surface area contributed by atoms with E-state index in [1.54, 1.807) is 0 Å². The number of rotatable bonds is 4. The second-order valence-corrected chi connectivity index (χ2v) is 4.94. The Labute approximate surface area is 126 Å². The average molecular weight is 356 g/mol. The van der Waals surface area contributed by atoms with Crippen LogP contribution in [-0.2, 0) is 4.74 Å². The Morgan fingerprint density at radius 2 is 1.68 bits per heavy atom. The Morgan fingerprint density at radius 3 is 2.21 bits per heavy atom. The van der Waals surface area contributed by atoms with Crippen molar-refractivity contribution in [3.63, 3.8) is 0 Å². The second kappa shape index (κ2) is 6.50. The zero-order valence-electron chi connectivity index (χ0n) is 8.95. The topological polar surface area (TPSA) is 26.3 Å². The number of alkyl halides is 3. The molecule has 0 radical (unpaired) electrons. The Morgan fingerprint density at radius 1 is 1.11 bits per heavy atom. The molecular weight excluding hydrogens is 351 g/mol. The fourth-order valence-electron chi connectivity index (χ4n) is 1.15. The van der Waals surface area contributed by atoms with E-state index in [1.165, 1.54) is 6.07 Å². The molecule has 0 spiro atoms. The van der Waals surface area contributed by atoms with Crippen molar-refractivity contribution in [3.8, 4) is 0 Å². The van der Waals surface area contributed by atoms with Crippen molar-refractivity contribution in [2.24, 2.45) is 0 Å². The van der Waals surface area contributed by atoms with E-state index in [0.29, 0.717) is 0 Å². The quantitative estimate of drug-likeness (QED) is 0.428. The smallest absolute Gasteiger partial charge is 0.364 e. The average Bonchev–Trinajstić information content (AvgIpc) is 2.24. The highest BCUT2D eigenvalue weighted by Gasteiger charge is 2.28. The lowest BCUT2D eigenvalue weighted by molar-refractivity contribution is -0.170. The van der Waals surface area contributed by atoms with Crippen molar-refractivity contribution in [1.82, 2.24) is 0 Å². The Kier molecular flexibility index (Phi) is 5.77. The molecule has 0 atom stereocenters. The number of Topliss-reactive ketones (excluding diaryl/α,β-unsaturated/α-hetero) is 1. The van der Waals surface area contributed by atoms with Crippen molar-refractivity contribution >= 4 is 52.2 Å². The van der Waals surface area contributed by atoms with Gasteiger partial charge in [-0.15, -0.1) is 0 Å². The number of hydrogen-bond acceptors (Lipinski definition) is 2. The molecule has 0 unspecified atom stereocenters. The number of benzene rings is 1. The molecule has 106 valence electrons. The van der Waals surface area contributed by atoms with Gasteiger partial charge in [0.2, 0.25) is 0 Å². The molecule has 0 aliphatic heterocycles. The van der Waals surface area contributed by atoms with E-state index < -0.39 is 25.2 Å². The summed E-state index contributed by atoms with van der Waals surface area (Å²) in [5, 5.41) is -0.406. The third-order valence-electron chi connectivity index (χ3n) is 1.89. The van der Waals surface area contributed by atoms with E-state index >= 15 is 0 Å². The van der Waals surface area contributed by atoms with Crippen molar-refractivity contribution in [2.45, 2.75) is 6.18 Å². The van der Waals surface area contributed by atoms with Gasteiger partial charge < -0.3 is 4.74 Å². The number of carbonyl (C=O) groups is 1. The predicted octanol–water partition coefficient (Wildman–Crippen LogP) is 5.06. The van der Waals surface area contributed by atoms with Gasteiger partial charge in [0.1, 0.15) is 13.2 Å². The van der Waals surface area contributed by atoms with Gasteiger partial charge in [0, 0.05) is 0 Å². The number of halogens is 7. The molecule has 0 heterocycles. The molecule has 0 aliphatic rings. The standard InChI is InChI=1S/C10H5Cl4F3O2/c11-4-1-5(12)8(13)9(14)7(4)6(18)2-19-3-10(15,16)17/h1H,2-3H2. The molecule has 1 aromatic rings. The van der Waals surface area contributed by atoms with Crippen molar-refractivity contribution < 1.29 is 22.7 Å². The lowest BCUT2D eigenvalue weighted by atomic mass is 10.1. The molecule has 1 aromatic carbocycles. The molecule has 2 nitrogen and oxygen atoms in total. The molecule has 19 heavy (non-hydrogen) atoms. The molecule has 0 saturated heterocycles. The van der Waals surface area contributed by atoms with Crippen molar-refractivity contribution in [1.29, 1.82) is 0 Å². The van der Waals surface area contributed by atoms with Gasteiger partial charge in [-0.1, -0.05) is 46.4 Å². The summed E-state index contributed by atoms with van der Waals surface area (Å²) in [6.45, 7) is -2.37. The highest BCUT2D eigenvalue weighted by atomic mass is 35.5. The minimum Gasteiger partial charge on any atom is -0.364 e. The van der Waals surface area contributed by atoms with E-state index in [1.807, 2.05) is 0 Å². The minimum absolute atomic E-state index is 0.0319. The lowest BCUT2D eigenvalue weighted by Crippen LogP contribution is -2.20. The van der Waals surface area contributed by atoms with Crippen LogP contribution >= 0.6 is 46.4 Å². The summed E-state index contributed by atoms with van der Waals surface area (Å²) in [7, 11) is 0. The van der Waals surface area contributed by atoms with Crippen LogP contribution in [0.3, 0.4) is 0 Å². The molecule has 9 heteroatoms. The zero-order chi connectivity index (χ0) is 14.8. The Balaban J connectivity index is 2.86. The number of ether oxygens (including phenoxy) is 1. The van der Waals surface area contributed by atoms with E-state index in [0.717, 1.165) is 0 Å². The molecule has 0 aliphatic carbocycles. The van der Waals surface area contributed by atoms with Gasteiger partial charge in [-0.3, -0.25) is 4.79 Å². The van der Waals surface area contributed by atoms with Crippen LogP contribution in [0.15, 0.2) is 6.07 Å². The van der Waals surface area contributed by atoms with Crippen LogP contribution < -0.4 is 0 Å². The molecule has 0 saturated carbocycles. The molecular formula is C10H5Cl4F3O2. The highest BCUT2D eigenvalue weighted by Crippen LogP contribution is 2.37. The molecule has 0 N–H and O–H groups in total. The molecule has 1 rings (SSSR count). The lowest BCUT2D eigenvalue weighted by Gasteiger charge is -2.10. The fourth-order valence-corrected chi connectivity index (χ4v) is 2.28. The maximum atomic E-state index is 11.9. The van der Waals surface area contributed by atoms with Crippen LogP contribution in [0.2, 0.25) is 20.1 Å².